The molecule has 2 saturated heterocycles. The fraction of sp³-hybridized carbons (Fsp3) is 0.304. The van der Waals surface area contributed by atoms with Gasteiger partial charge in [-0.3, -0.25) is 19.4 Å². The quantitative estimate of drug-likeness (QED) is 0.656. The molecule has 7 heteroatoms. The van der Waals surface area contributed by atoms with Crippen LogP contribution in [-0.4, -0.2) is 60.4 Å². The maximum Gasteiger partial charge on any atom is 0.251 e. The molecule has 4 rings (SSSR count). The van der Waals surface area contributed by atoms with Crippen LogP contribution in [0.4, 0.5) is 5.69 Å². The summed E-state index contributed by atoms with van der Waals surface area (Å²) in [5.41, 5.74) is 1.67. The van der Waals surface area contributed by atoms with Crippen molar-refractivity contribution in [2.45, 2.75) is 12.5 Å². The van der Waals surface area contributed by atoms with Crippen molar-refractivity contribution >= 4 is 46.8 Å². The van der Waals surface area contributed by atoms with Gasteiger partial charge in [-0.05, 0) is 23.8 Å². The molecule has 156 valence electrons. The van der Waals surface area contributed by atoms with Crippen molar-refractivity contribution in [1.82, 2.24) is 9.80 Å². The van der Waals surface area contributed by atoms with Gasteiger partial charge in [0.2, 0.25) is 5.91 Å². The molecule has 2 aliphatic heterocycles. The van der Waals surface area contributed by atoms with Gasteiger partial charge in [0.1, 0.15) is 0 Å². The van der Waals surface area contributed by atoms with Crippen molar-refractivity contribution in [3.8, 4) is 0 Å². The zero-order valence-electron chi connectivity index (χ0n) is 16.5. The number of hydrogen-bond donors (Lipinski definition) is 0. The highest BCUT2D eigenvalue weighted by Gasteiger charge is 2.43. The second-order valence-electron chi connectivity index (χ2n) is 7.54. The number of halogens is 2. The predicted molar refractivity (Wildman–Crippen MR) is 121 cm³/mol. The summed E-state index contributed by atoms with van der Waals surface area (Å²) in [5.74, 6) is -0.382. The van der Waals surface area contributed by atoms with Crippen molar-refractivity contribution < 1.29 is 9.59 Å². The van der Waals surface area contributed by atoms with Crippen LogP contribution in [0.3, 0.4) is 0 Å². The van der Waals surface area contributed by atoms with Crippen LogP contribution < -0.4 is 4.90 Å². The molecule has 30 heavy (non-hydrogen) atoms. The van der Waals surface area contributed by atoms with E-state index in [1.807, 2.05) is 18.2 Å². The van der Waals surface area contributed by atoms with Gasteiger partial charge >= 0.3 is 0 Å². The second-order valence-corrected chi connectivity index (χ2v) is 8.35. The molecule has 2 heterocycles. The molecule has 0 spiro atoms. The minimum atomic E-state index is -0.408. The highest BCUT2D eigenvalue weighted by atomic mass is 35.5. The van der Waals surface area contributed by atoms with Crippen molar-refractivity contribution in [3.05, 3.63) is 70.2 Å². The fourth-order valence-electron chi connectivity index (χ4n) is 3.96. The van der Waals surface area contributed by atoms with Crippen LogP contribution >= 0.6 is 23.2 Å². The third-order valence-electron chi connectivity index (χ3n) is 5.61. The van der Waals surface area contributed by atoms with Gasteiger partial charge < -0.3 is 0 Å². The van der Waals surface area contributed by atoms with Crippen LogP contribution in [0.5, 0.6) is 0 Å². The van der Waals surface area contributed by atoms with E-state index in [-0.39, 0.29) is 18.2 Å². The van der Waals surface area contributed by atoms with Crippen molar-refractivity contribution in [1.29, 1.82) is 0 Å². The maximum absolute atomic E-state index is 13.0. The van der Waals surface area contributed by atoms with E-state index in [1.54, 1.807) is 18.2 Å². The number of hydrogen-bond acceptors (Lipinski definition) is 4. The van der Waals surface area contributed by atoms with E-state index in [0.717, 1.165) is 32.7 Å². The Kier molecular flexibility index (Phi) is 6.54. The van der Waals surface area contributed by atoms with Gasteiger partial charge in [0.05, 0.1) is 28.2 Å². The Morgan fingerprint density at radius 2 is 1.67 bits per heavy atom. The Morgan fingerprint density at radius 1 is 0.933 bits per heavy atom. The Morgan fingerprint density at radius 3 is 2.37 bits per heavy atom. The first-order valence-electron chi connectivity index (χ1n) is 10.0. The molecule has 2 aromatic carbocycles. The molecule has 2 aliphatic rings. The topological polar surface area (TPSA) is 43.9 Å². The Hall–Kier alpha value is -2.18. The number of rotatable bonds is 5. The highest BCUT2D eigenvalue weighted by molar-refractivity contribution is 6.42. The summed E-state index contributed by atoms with van der Waals surface area (Å²) >= 11 is 12.0. The lowest BCUT2D eigenvalue weighted by atomic mass is 10.1. The van der Waals surface area contributed by atoms with E-state index < -0.39 is 6.04 Å². The first-order valence-corrected chi connectivity index (χ1v) is 10.8. The number of piperazine rings is 1. The molecular weight excluding hydrogens is 421 g/mol. The first kappa shape index (κ1) is 21.1. The molecule has 5 nitrogen and oxygen atoms in total. The predicted octanol–water partition coefficient (Wildman–Crippen LogP) is 3.96. The lowest BCUT2D eigenvalue weighted by molar-refractivity contribution is -0.123. The van der Waals surface area contributed by atoms with Gasteiger partial charge in [-0.15, -0.1) is 0 Å². The molecule has 1 unspecified atom stereocenters. The monoisotopic (exact) mass is 443 g/mol. The minimum Gasteiger partial charge on any atom is -0.297 e. The number of nitrogens with zero attached hydrogens (tertiary/aromatic N) is 3. The number of anilines is 1. The van der Waals surface area contributed by atoms with E-state index in [2.05, 4.69) is 34.1 Å². The number of benzene rings is 2. The average molecular weight is 444 g/mol. The zero-order chi connectivity index (χ0) is 21.1. The third-order valence-corrected chi connectivity index (χ3v) is 6.34. The SMILES string of the molecule is O=C1CC(N2CCN(CC=Cc3ccccc3)CC2)C(=O)N1c1ccc(Cl)c(Cl)c1. The Balaban J connectivity index is 1.33. The lowest BCUT2D eigenvalue weighted by Crippen LogP contribution is -2.52. The van der Waals surface area contributed by atoms with Crippen molar-refractivity contribution in [3.63, 3.8) is 0 Å². The molecule has 1 atom stereocenters. The van der Waals surface area contributed by atoms with Crippen LogP contribution in [0.2, 0.25) is 10.0 Å². The second kappa shape index (κ2) is 9.31. The van der Waals surface area contributed by atoms with E-state index in [0.29, 0.717) is 15.7 Å². The van der Waals surface area contributed by atoms with Gasteiger partial charge in [-0.25, -0.2) is 4.90 Å². The van der Waals surface area contributed by atoms with Crippen LogP contribution in [0, 0.1) is 0 Å². The Labute approximate surface area is 186 Å². The van der Waals surface area contributed by atoms with E-state index in [1.165, 1.54) is 10.5 Å². The van der Waals surface area contributed by atoms with Crippen LogP contribution in [0.1, 0.15) is 12.0 Å². The standard InChI is InChI=1S/C23H23Cl2N3O2/c24-19-9-8-18(15-20(19)25)28-22(29)16-21(23(28)30)27-13-11-26(12-14-27)10-4-7-17-5-2-1-3-6-17/h1-9,15,21H,10-14,16H2. The zero-order valence-corrected chi connectivity index (χ0v) is 18.0. The Bertz CT molecular complexity index is 956. The molecule has 0 aliphatic carbocycles. The number of carbonyl (C=O) groups excluding carboxylic acids is 2. The lowest BCUT2D eigenvalue weighted by Gasteiger charge is -2.36. The van der Waals surface area contributed by atoms with E-state index in [4.69, 9.17) is 23.2 Å². The summed E-state index contributed by atoms with van der Waals surface area (Å²) in [6, 6.07) is 14.6. The van der Waals surface area contributed by atoms with Gasteiger partial charge in [0.25, 0.3) is 5.91 Å². The van der Waals surface area contributed by atoms with Gasteiger partial charge in [-0.1, -0.05) is 65.7 Å². The number of imide groups is 1. The molecular formula is C23H23Cl2N3O2. The van der Waals surface area contributed by atoms with Crippen LogP contribution in [0.25, 0.3) is 6.08 Å². The van der Waals surface area contributed by atoms with Gasteiger partial charge in [0.15, 0.2) is 0 Å². The smallest absolute Gasteiger partial charge is 0.251 e. The summed E-state index contributed by atoms with van der Waals surface area (Å²) in [5, 5.41) is 0.726. The molecule has 0 bridgehead atoms. The van der Waals surface area contributed by atoms with Crippen LogP contribution in [-0.2, 0) is 9.59 Å². The summed E-state index contributed by atoms with van der Waals surface area (Å²) in [6.07, 6.45) is 4.49. The number of amides is 2. The third kappa shape index (κ3) is 4.60. The molecule has 2 amide bonds. The summed E-state index contributed by atoms with van der Waals surface area (Å²) < 4.78 is 0. The fourth-order valence-corrected chi connectivity index (χ4v) is 4.25. The first-order chi connectivity index (χ1) is 14.5. The van der Waals surface area contributed by atoms with Gasteiger partial charge in [-0.2, -0.15) is 0 Å². The highest BCUT2D eigenvalue weighted by Crippen LogP contribution is 2.31. The molecule has 0 aromatic heterocycles. The average Bonchev–Trinajstić information content (AvgIpc) is 3.05. The summed E-state index contributed by atoms with van der Waals surface area (Å²) in [7, 11) is 0. The molecule has 2 fully saturated rings. The maximum atomic E-state index is 13.0. The summed E-state index contributed by atoms with van der Waals surface area (Å²) in [6.45, 7) is 4.12. The minimum absolute atomic E-state index is 0.184. The van der Waals surface area contributed by atoms with E-state index in [9.17, 15) is 9.59 Å². The largest absolute Gasteiger partial charge is 0.297 e. The molecule has 0 radical (unpaired) electrons. The van der Waals surface area contributed by atoms with Gasteiger partial charge in [0, 0.05) is 32.7 Å². The van der Waals surface area contributed by atoms with E-state index >= 15 is 0 Å². The molecule has 0 N–H and O–H groups in total. The number of carbonyl (C=O) groups is 2. The normalized spacial score (nSPS) is 21.1. The molecule has 2 aromatic rings. The van der Waals surface area contributed by atoms with Crippen molar-refractivity contribution in [2.75, 3.05) is 37.6 Å². The summed E-state index contributed by atoms with van der Waals surface area (Å²) in [4.78, 5) is 31.3. The molecule has 0 saturated carbocycles. The van der Waals surface area contributed by atoms with Crippen LogP contribution in [0.15, 0.2) is 54.6 Å². The van der Waals surface area contributed by atoms with Crippen molar-refractivity contribution in [2.24, 2.45) is 0 Å².